The van der Waals surface area contributed by atoms with Crippen LogP contribution in [0.5, 0.6) is 5.75 Å². The second-order valence-electron chi connectivity index (χ2n) is 6.30. The van der Waals surface area contributed by atoms with Crippen molar-refractivity contribution >= 4 is 11.6 Å². The van der Waals surface area contributed by atoms with E-state index in [1.165, 1.54) is 0 Å². The fourth-order valence-electron chi connectivity index (χ4n) is 2.79. The van der Waals surface area contributed by atoms with Crippen molar-refractivity contribution < 1.29 is 9.53 Å². The SMILES string of the molecule is O=C(Nc1cccc(OCc2ccccn2)c1)c1cccnc1C1CC1. The Morgan fingerprint density at radius 3 is 2.73 bits per heavy atom. The number of pyridine rings is 2. The quantitative estimate of drug-likeness (QED) is 0.728. The van der Waals surface area contributed by atoms with E-state index in [2.05, 4.69) is 15.3 Å². The van der Waals surface area contributed by atoms with Gasteiger partial charge in [-0.25, -0.2) is 0 Å². The van der Waals surface area contributed by atoms with E-state index in [1.807, 2.05) is 48.5 Å². The van der Waals surface area contributed by atoms with Crippen molar-refractivity contribution in [3.05, 3.63) is 83.9 Å². The average molecular weight is 345 g/mol. The molecule has 4 rings (SSSR count). The summed E-state index contributed by atoms with van der Waals surface area (Å²) in [6, 6.07) is 16.7. The molecule has 1 aliphatic rings. The van der Waals surface area contributed by atoms with Crippen LogP contribution in [0.2, 0.25) is 0 Å². The number of ether oxygens (including phenoxy) is 1. The molecule has 5 heteroatoms. The van der Waals surface area contributed by atoms with Crippen LogP contribution in [-0.4, -0.2) is 15.9 Å². The van der Waals surface area contributed by atoms with Crippen molar-refractivity contribution in [3.8, 4) is 5.75 Å². The van der Waals surface area contributed by atoms with Gasteiger partial charge in [0.15, 0.2) is 0 Å². The number of benzene rings is 1. The third kappa shape index (κ3) is 3.88. The summed E-state index contributed by atoms with van der Waals surface area (Å²) in [5.74, 6) is 0.967. The van der Waals surface area contributed by atoms with Gasteiger partial charge in [-0.05, 0) is 49.2 Å². The Labute approximate surface area is 152 Å². The first-order chi connectivity index (χ1) is 12.8. The van der Waals surface area contributed by atoms with Crippen LogP contribution in [0.15, 0.2) is 67.0 Å². The summed E-state index contributed by atoms with van der Waals surface area (Å²) in [6.07, 6.45) is 5.69. The number of amides is 1. The number of aromatic nitrogens is 2. The number of nitrogens with one attached hydrogen (secondary N) is 1. The third-order valence-corrected chi connectivity index (χ3v) is 4.25. The summed E-state index contributed by atoms with van der Waals surface area (Å²) in [7, 11) is 0. The van der Waals surface area contributed by atoms with Crippen molar-refractivity contribution in [1.29, 1.82) is 0 Å². The molecule has 130 valence electrons. The van der Waals surface area contributed by atoms with Crippen molar-refractivity contribution in [2.75, 3.05) is 5.32 Å². The molecule has 1 amide bonds. The third-order valence-electron chi connectivity index (χ3n) is 4.25. The van der Waals surface area contributed by atoms with E-state index < -0.39 is 0 Å². The minimum Gasteiger partial charge on any atom is -0.487 e. The van der Waals surface area contributed by atoms with Crippen molar-refractivity contribution in [3.63, 3.8) is 0 Å². The van der Waals surface area contributed by atoms with Crippen LogP contribution in [0.1, 0.15) is 40.5 Å². The summed E-state index contributed by atoms with van der Waals surface area (Å²) in [5, 5.41) is 2.95. The van der Waals surface area contributed by atoms with Gasteiger partial charge < -0.3 is 10.1 Å². The van der Waals surface area contributed by atoms with E-state index in [-0.39, 0.29) is 5.91 Å². The number of carbonyl (C=O) groups excluding carboxylic acids is 1. The molecule has 0 saturated heterocycles. The van der Waals surface area contributed by atoms with Crippen LogP contribution in [0, 0.1) is 0 Å². The van der Waals surface area contributed by atoms with Crippen LogP contribution in [0.3, 0.4) is 0 Å². The molecule has 1 aliphatic carbocycles. The summed E-state index contributed by atoms with van der Waals surface area (Å²) in [6.45, 7) is 0.382. The zero-order valence-corrected chi connectivity index (χ0v) is 14.3. The van der Waals surface area contributed by atoms with Gasteiger partial charge in [-0.3, -0.25) is 14.8 Å². The molecule has 2 aromatic heterocycles. The largest absolute Gasteiger partial charge is 0.487 e. The maximum absolute atomic E-state index is 12.7. The highest BCUT2D eigenvalue weighted by Gasteiger charge is 2.29. The predicted octanol–water partition coefficient (Wildman–Crippen LogP) is 4.19. The van der Waals surface area contributed by atoms with Gasteiger partial charge in [-0.2, -0.15) is 0 Å². The Kier molecular flexibility index (Phi) is 4.60. The minimum absolute atomic E-state index is 0.137. The lowest BCUT2D eigenvalue weighted by Crippen LogP contribution is -2.14. The molecule has 0 unspecified atom stereocenters. The Hall–Kier alpha value is -3.21. The topological polar surface area (TPSA) is 64.1 Å². The lowest BCUT2D eigenvalue weighted by Gasteiger charge is -2.11. The van der Waals surface area contributed by atoms with Gasteiger partial charge in [0.1, 0.15) is 12.4 Å². The first-order valence-corrected chi connectivity index (χ1v) is 8.68. The van der Waals surface area contributed by atoms with Crippen LogP contribution in [0.4, 0.5) is 5.69 Å². The van der Waals surface area contributed by atoms with E-state index in [0.717, 1.165) is 24.2 Å². The molecule has 26 heavy (non-hydrogen) atoms. The number of hydrogen-bond donors (Lipinski definition) is 1. The van der Waals surface area contributed by atoms with Gasteiger partial charge in [0.2, 0.25) is 0 Å². The standard InChI is InChI=1S/C21H19N3O2/c25-21(19-8-4-12-23-20(19)15-9-10-15)24-16-6-3-7-18(13-16)26-14-17-5-1-2-11-22-17/h1-8,11-13,15H,9-10,14H2,(H,24,25). The van der Waals surface area contributed by atoms with Gasteiger partial charge in [0.05, 0.1) is 17.0 Å². The van der Waals surface area contributed by atoms with Gasteiger partial charge in [0, 0.05) is 30.1 Å². The predicted molar refractivity (Wildman–Crippen MR) is 99.2 cm³/mol. The molecule has 1 N–H and O–H groups in total. The van der Waals surface area contributed by atoms with Crippen LogP contribution >= 0.6 is 0 Å². The van der Waals surface area contributed by atoms with Crippen molar-refractivity contribution in [2.45, 2.75) is 25.4 Å². The van der Waals surface area contributed by atoms with Crippen molar-refractivity contribution in [2.24, 2.45) is 0 Å². The van der Waals surface area contributed by atoms with Gasteiger partial charge >= 0.3 is 0 Å². The molecule has 1 saturated carbocycles. The van der Waals surface area contributed by atoms with E-state index in [9.17, 15) is 4.79 Å². The summed E-state index contributed by atoms with van der Waals surface area (Å²) >= 11 is 0. The highest BCUT2D eigenvalue weighted by atomic mass is 16.5. The van der Waals surface area contributed by atoms with Crippen LogP contribution in [-0.2, 0) is 6.61 Å². The molecule has 0 radical (unpaired) electrons. The average Bonchev–Trinajstić information content (AvgIpc) is 3.53. The number of rotatable bonds is 6. The maximum atomic E-state index is 12.7. The molecule has 0 spiro atoms. The lowest BCUT2D eigenvalue weighted by molar-refractivity contribution is 0.102. The number of nitrogens with zero attached hydrogens (tertiary/aromatic N) is 2. The highest BCUT2D eigenvalue weighted by molar-refractivity contribution is 6.05. The van der Waals surface area contributed by atoms with Crippen molar-refractivity contribution in [1.82, 2.24) is 9.97 Å². The van der Waals surface area contributed by atoms with Crippen LogP contribution in [0.25, 0.3) is 0 Å². The smallest absolute Gasteiger partial charge is 0.257 e. The Bertz CT molecular complexity index is 908. The minimum atomic E-state index is -0.137. The highest BCUT2D eigenvalue weighted by Crippen LogP contribution is 2.40. The fourth-order valence-corrected chi connectivity index (χ4v) is 2.79. The second kappa shape index (κ2) is 7.35. The normalized spacial score (nSPS) is 13.2. The van der Waals surface area contributed by atoms with E-state index in [0.29, 0.717) is 29.5 Å². The molecule has 1 aromatic carbocycles. The molecular weight excluding hydrogens is 326 g/mol. The lowest BCUT2D eigenvalue weighted by atomic mass is 10.1. The fraction of sp³-hybridized carbons (Fsp3) is 0.190. The molecular formula is C21H19N3O2. The molecule has 5 nitrogen and oxygen atoms in total. The van der Waals surface area contributed by atoms with Crippen LogP contribution < -0.4 is 10.1 Å². The Morgan fingerprint density at radius 1 is 1.04 bits per heavy atom. The molecule has 0 bridgehead atoms. The Morgan fingerprint density at radius 2 is 1.92 bits per heavy atom. The van der Waals surface area contributed by atoms with Gasteiger partial charge in [-0.15, -0.1) is 0 Å². The molecule has 0 aliphatic heterocycles. The molecule has 2 heterocycles. The summed E-state index contributed by atoms with van der Waals surface area (Å²) < 4.78 is 5.77. The maximum Gasteiger partial charge on any atom is 0.257 e. The monoisotopic (exact) mass is 345 g/mol. The number of hydrogen-bond acceptors (Lipinski definition) is 4. The number of anilines is 1. The van der Waals surface area contributed by atoms with E-state index >= 15 is 0 Å². The molecule has 3 aromatic rings. The Balaban J connectivity index is 1.44. The zero-order chi connectivity index (χ0) is 17.8. The van der Waals surface area contributed by atoms with E-state index in [1.54, 1.807) is 18.5 Å². The summed E-state index contributed by atoms with van der Waals surface area (Å²) in [4.78, 5) is 21.3. The van der Waals surface area contributed by atoms with E-state index in [4.69, 9.17) is 4.74 Å². The summed E-state index contributed by atoms with van der Waals surface area (Å²) in [5.41, 5.74) is 3.09. The number of carbonyl (C=O) groups is 1. The first-order valence-electron chi connectivity index (χ1n) is 8.68. The first kappa shape index (κ1) is 16.3. The van der Waals surface area contributed by atoms with Gasteiger partial charge in [-0.1, -0.05) is 12.1 Å². The molecule has 0 atom stereocenters. The molecule has 1 fully saturated rings. The zero-order valence-electron chi connectivity index (χ0n) is 14.3. The van der Waals surface area contributed by atoms with Gasteiger partial charge in [0.25, 0.3) is 5.91 Å². The second-order valence-corrected chi connectivity index (χ2v) is 6.30.